The van der Waals surface area contributed by atoms with Gasteiger partial charge in [-0.2, -0.15) is 9.78 Å². The van der Waals surface area contributed by atoms with Crippen LogP contribution in [0.5, 0.6) is 0 Å². The topological polar surface area (TPSA) is 58.4 Å². The zero-order valence-electron chi connectivity index (χ0n) is 16.8. The number of para-hydroxylation sites is 1. The van der Waals surface area contributed by atoms with Gasteiger partial charge in [0.2, 0.25) is 0 Å². The normalized spacial score (nSPS) is 14.1. The highest BCUT2D eigenvalue weighted by molar-refractivity contribution is 6.33. The molecule has 1 aliphatic rings. The Hall–Kier alpha value is -3.12. The van der Waals surface area contributed by atoms with Crippen molar-refractivity contribution in [2.45, 2.75) is 13.3 Å². The molecule has 0 aliphatic carbocycles. The molecule has 4 rings (SSSR count). The van der Waals surface area contributed by atoms with Gasteiger partial charge in [-0.25, -0.2) is 0 Å². The summed E-state index contributed by atoms with van der Waals surface area (Å²) in [6, 6.07) is 17.0. The van der Waals surface area contributed by atoms with E-state index in [0.29, 0.717) is 48.1 Å². The molecule has 2 heterocycles. The van der Waals surface area contributed by atoms with Crippen LogP contribution in [0.1, 0.15) is 22.8 Å². The predicted molar refractivity (Wildman–Crippen MR) is 119 cm³/mol. The number of hydrogen-bond acceptors (Lipinski definition) is 4. The van der Waals surface area contributed by atoms with Crippen molar-refractivity contribution >= 4 is 23.2 Å². The van der Waals surface area contributed by atoms with Crippen molar-refractivity contribution in [2.24, 2.45) is 0 Å². The number of anilines is 1. The van der Waals surface area contributed by atoms with Crippen molar-refractivity contribution in [1.82, 2.24) is 14.7 Å². The second-order valence-corrected chi connectivity index (χ2v) is 7.63. The third-order valence-electron chi connectivity index (χ3n) is 5.40. The van der Waals surface area contributed by atoms with Crippen LogP contribution >= 0.6 is 11.6 Å². The highest BCUT2D eigenvalue weighted by atomic mass is 35.5. The molecule has 0 atom stereocenters. The summed E-state index contributed by atoms with van der Waals surface area (Å²) < 4.78 is 1.36. The summed E-state index contributed by atoms with van der Waals surface area (Å²) in [5.41, 5.74) is 2.75. The van der Waals surface area contributed by atoms with Crippen LogP contribution in [-0.4, -0.2) is 46.8 Å². The number of amides is 1. The summed E-state index contributed by atoms with van der Waals surface area (Å²) >= 11 is 6.35. The van der Waals surface area contributed by atoms with E-state index in [4.69, 9.17) is 11.6 Å². The van der Waals surface area contributed by atoms with E-state index in [1.165, 1.54) is 16.4 Å². The van der Waals surface area contributed by atoms with Crippen LogP contribution in [0.4, 0.5) is 5.69 Å². The molecule has 0 bridgehead atoms. The van der Waals surface area contributed by atoms with Crippen molar-refractivity contribution in [3.05, 3.63) is 87.3 Å². The molecule has 2 aromatic carbocycles. The maximum atomic E-state index is 13.1. The number of hydrogen-bond donors (Lipinski definition) is 0. The molecule has 0 radical (unpaired) electrons. The smallest absolute Gasteiger partial charge is 0.296 e. The molecule has 1 aliphatic heterocycles. The van der Waals surface area contributed by atoms with E-state index in [-0.39, 0.29) is 11.5 Å². The fraction of sp³-hybridized carbons (Fsp3) is 0.261. The molecular weight excluding hydrogens is 400 g/mol. The lowest BCUT2D eigenvalue weighted by molar-refractivity contribution is 0.0746. The molecule has 0 unspecified atom stereocenters. The summed E-state index contributed by atoms with van der Waals surface area (Å²) in [6.45, 7) is 4.21. The van der Waals surface area contributed by atoms with Gasteiger partial charge in [0.25, 0.3) is 11.5 Å². The fourth-order valence-corrected chi connectivity index (χ4v) is 3.91. The lowest BCUT2D eigenvalue weighted by Gasteiger charge is -2.36. The molecule has 6 nitrogen and oxygen atoms in total. The minimum atomic E-state index is -0.261. The Morgan fingerprint density at radius 3 is 2.30 bits per heavy atom. The summed E-state index contributed by atoms with van der Waals surface area (Å²) in [6.07, 6.45) is 2.44. The van der Waals surface area contributed by atoms with Gasteiger partial charge in [0.05, 0.1) is 16.9 Å². The maximum absolute atomic E-state index is 13.1. The van der Waals surface area contributed by atoms with E-state index in [0.717, 1.165) is 6.42 Å². The van der Waals surface area contributed by atoms with Crippen molar-refractivity contribution in [3.8, 4) is 5.69 Å². The van der Waals surface area contributed by atoms with Crippen LogP contribution in [0.3, 0.4) is 0 Å². The first-order chi connectivity index (χ1) is 14.6. The first-order valence-corrected chi connectivity index (χ1v) is 10.4. The van der Waals surface area contributed by atoms with Gasteiger partial charge in [-0.15, -0.1) is 0 Å². The number of rotatable bonds is 4. The number of aromatic nitrogens is 2. The Balaban J connectivity index is 1.51. The minimum absolute atomic E-state index is 0.0137. The molecule has 1 amide bonds. The summed E-state index contributed by atoms with van der Waals surface area (Å²) in [7, 11) is 0. The first kappa shape index (κ1) is 20.2. The van der Waals surface area contributed by atoms with Gasteiger partial charge in [-0.05, 0) is 36.2 Å². The molecular formula is C23H23ClN4O2. The fourth-order valence-electron chi connectivity index (χ4n) is 3.66. The van der Waals surface area contributed by atoms with Gasteiger partial charge in [0, 0.05) is 31.7 Å². The molecule has 0 spiro atoms. The highest BCUT2D eigenvalue weighted by Crippen LogP contribution is 2.23. The third-order valence-corrected chi connectivity index (χ3v) is 5.68. The van der Waals surface area contributed by atoms with E-state index in [1.807, 2.05) is 64.4 Å². The van der Waals surface area contributed by atoms with E-state index >= 15 is 0 Å². The van der Waals surface area contributed by atoms with E-state index < -0.39 is 0 Å². The van der Waals surface area contributed by atoms with Crippen molar-refractivity contribution in [3.63, 3.8) is 0 Å². The molecule has 1 saturated heterocycles. The lowest BCUT2D eigenvalue weighted by atomic mass is 10.1. The molecule has 1 aromatic heterocycles. The number of carbonyl (C=O) groups is 1. The number of benzene rings is 2. The molecule has 154 valence electrons. The Bertz CT molecular complexity index is 1090. The van der Waals surface area contributed by atoms with Gasteiger partial charge < -0.3 is 9.80 Å². The highest BCUT2D eigenvalue weighted by Gasteiger charge is 2.26. The summed E-state index contributed by atoms with van der Waals surface area (Å²) in [4.78, 5) is 29.7. The van der Waals surface area contributed by atoms with Crippen LogP contribution < -0.4 is 10.5 Å². The molecule has 3 aromatic rings. The quantitative estimate of drug-likeness (QED) is 0.646. The van der Waals surface area contributed by atoms with Gasteiger partial charge >= 0.3 is 0 Å². The van der Waals surface area contributed by atoms with Gasteiger partial charge in [0.15, 0.2) is 0 Å². The average molecular weight is 423 g/mol. The van der Waals surface area contributed by atoms with Crippen LogP contribution in [0.25, 0.3) is 5.69 Å². The van der Waals surface area contributed by atoms with Crippen LogP contribution in [0.15, 0.2) is 65.6 Å². The zero-order valence-corrected chi connectivity index (χ0v) is 17.5. The minimum Gasteiger partial charge on any atom is -0.362 e. The summed E-state index contributed by atoms with van der Waals surface area (Å²) in [5.74, 6) is 0.0137. The van der Waals surface area contributed by atoms with Gasteiger partial charge in [0.1, 0.15) is 5.69 Å². The number of nitrogens with zero attached hydrogens (tertiary/aromatic N) is 4. The van der Waals surface area contributed by atoms with Crippen LogP contribution in [0.2, 0.25) is 5.02 Å². The zero-order chi connectivity index (χ0) is 21.1. The SMILES string of the molecule is CCc1ccc(C(=O)N2CCN(c3c(Cl)cnn(-c4ccccc4)c3=O)CC2)cc1. The predicted octanol–water partition coefficient (Wildman–Crippen LogP) is 3.41. The summed E-state index contributed by atoms with van der Waals surface area (Å²) in [5, 5.41) is 4.50. The Labute approximate surface area is 180 Å². The monoisotopic (exact) mass is 422 g/mol. The van der Waals surface area contributed by atoms with Crippen LogP contribution in [0, 0.1) is 0 Å². The van der Waals surface area contributed by atoms with E-state index in [9.17, 15) is 9.59 Å². The number of aryl methyl sites for hydroxylation is 1. The van der Waals surface area contributed by atoms with Crippen LogP contribution in [-0.2, 0) is 6.42 Å². The molecule has 0 saturated carbocycles. The van der Waals surface area contributed by atoms with E-state index in [1.54, 1.807) is 0 Å². The Kier molecular flexibility index (Phi) is 5.86. The maximum Gasteiger partial charge on any atom is 0.296 e. The molecule has 30 heavy (non-hydrogen) atoms. The van der Waals surface area contributed by atoms with E-state index in [2.05, 4.69) is 12.0 Å². The number of halogens is 1. The second-order valence-electron chi connectivity index (χ2n) is 7.22. The third kappa shape index (κ3) is 3.96. The van der Waals surface area contributed by atoms with Crippen molar-refractivity contribution < 1.29 is 4.79 Å². The van der Waals surface area contributed by atoms with Gasteiger partial charge in [-0.1, -0.05) is 48.9 Å². The first-order valence-electron chi connectivity index (χ1n) is 10.0. The lowest BCUT2D eigenvalue weighted by Crippen LogP contribution is -2.50. The Morgan fingerprint density at radius 1 is 1.00 bits per heavy atom. The second kappa shape index (κ2) is 8.71. The standard InChI is InChI=1S/C23H23ClN4O2/c1-2-17-8-10-18(11-9-17)22(29)27-14-12-26(13-15-27)21-20(24)16-25-28(23(21)30)19-6-4-3-5-7-19/h3-11,16H,2,12-15H2,1H3. The largest absolute Gasteiger partial charge is 0.362 e. The number of carbonyl (C=O) groups excluding carboxylic acids is 1. The average Bonchev–Trinajstić information content (AvgIpc) is 2.80. The number of piperazine rings is 1. The van der Waals surface area contributed by atoms with Crippen molar-refractivity contribution in [1.29, 1.82) is 0 Å². The Morgan fingerprint density at radius 2 is 1.67 bits per heavy atom. The molecule has 1 fully saturated rings. The molecule has 0 N–H and O–H groups in total. The van der Waals surface area contributed by atoms with Gasteiger partial charge in [-0.3, -0.25) is 9.59 Å². The van der Waals surface area contributed by atoms with Crippen molar-refractivity contribution in [2.75, 3.05) is 31.1 Å². The molecule has 7 heteroatoms.